The Labute approximate surface area is 115 Å². The van der Waals surface area contributed by atoms with Gasteiger partial charge in [-0.25, -0.2) is 9.67 Å². The van der Waals surface area contributed by atoms with Gasteiger partial charge in [0.05, 0.1) is 11.6 Å². The summed E-state index contributed by atoms with van der Waals surface area (Å²) in [5.74, 6) is 0.529. The van der Waals surface area contributed by atoms with Gasteiger partial charge in [0, 0.05) is 48.9 Å². The van der Waals surface area contributed by atoms with Crippen molar-refractivity contribution < 1.29 is 0 Å². The smallest absolute Gasteiger partial charge is 0.266 e. The van der Waals surface area contributed by atoms with Crippen LogP contribution in [0.5, 0.6) is 0 Å². The van der Waals surface area contributed by atoms with Crippen LogP contribution in [0.15, 0.2) is 29.3 Å². The molecule has 2 aromatic rings. The van der Waals surface area contributed by atoms with E-state index in [1.54, 1.807) is 34.3 Å². The fourth-order valence-electron chi connectivity index (χ4n) is 2.39. The van der Waals surface area contributed by atoms with Crippen molar-refractivity contribution in [3.05, 3.63) is 44.8 Å². The second kappa shape index (κ2) is 5.22. The monoisotopic (exact) mass is 276 g/mol. The highest BCUT2D eigenvalue weighted by Crippen LogP contribution is 2.22. The average molecular weight is 276 g/mol. The van der Waals surface area contributed by atoms with Crippen molar-refractivity contribution >= 4 is 11.3 Å². The molecule has 0 N–H and O–H groups in total. The SMILES string of the molecule is Cc1ncc(CN2CC(Cn3ncccc3=O)C2)s1. The molecule has 100 valence electrons. The standard InChI is InChI=1S/C13H16N4OS/c1-10-14-5-12(19-10)9-16-6-11(7-16)8-17-13(18)3-2-4-15-17/h2-5,11H,6-9H2,1H3. The van der Waals surface area contributed by atoms with Crippen LogP contribution >= 0.6 is 11.3 Å². The number of likely N-dealkylation sites (tertiary alicyclic amines) is 1. The number of rotatable bonds is 4. The number of thiazole rings is 1. The van der Waals surface area contributed by atoms with Crippen molar-refractivity contribution in [3.63, 3.8) is 0 Å². The Morgan fingerprint density at radius 1 is 1.47 bits per heavy atom. The van der Waals surface area contributed by atoms with Gasteiger partial charge >= 0.3 is 0 Å². The number of aromatic nitrogens is 3. The van der Waals surface area contributed by atoms with Crippen LogP contribution in [0.3, 0.4) is 0 Å². The van der Waals surface area contributed by atoms with Crippen molar-refractivity contribution in [1.82, 2.24) is 19.7 Å². The molecule has 0 spiro atoms. The zero-order valence-electron chi connectivity index (χ0n) is 10.8. The topological polar surface area (TPSA) is 51.0 Å². The highest BCUT2D eigenvalue weighted by Gasteiger charge is 2.27. The summed E-state index contributed by atoms with van der Waals surface area (Å²) in [6.45, 7) is 5.78. The lowest BCUT2D eigenvalue weighted by Crippen LogP contribution is -2.48. The highest BCUT2D eigenvalue weighted by atomic mass is 32.1. The Balaban J connectivity index is 1.51. The molecule has 0 bridgehead atoms. The van der Waals surface area contributed by atoms with E-state index in [1.165, 1.54) is 4.88 Å². The summed E-state index contributed by atoms with van der Waals surface area (Å²) in [4.78, 5) is 19.5. The molecule has 0 amide bonds. The lowest BCUT2D eigenvalue weighted by Gasteiger charge is -2.38. The van der Waals surface area contributed by atoms with Gasteiger partial charge in [0.25, 0.3) is 5.56 Å². The summed E-state index contributed by atoms with van der Waals surface area (Å²) < 4.78 is 1.55. The first kappa shape index (κ1) is 12.5. The van der Waals surface area contributed by atoms with Crippen LogP contribution in [-0.2, 0) is 13.1 Å². The van der Waals surface area contributed by atoms with Crippen molar-refractivity contribution in [3.8, 4) is 0 Å². The zero-order chi connectivity index (χ0) is 13.2. The van der Waals surface area contributed by atoms with E-state index in [9.17, 15) is 4.79 Å². The van der Waals surface area contributed by atoms with Gasteiger partial charge in [0.2, 0.25) is 0 Å². The molecule has 5 nitrogen and oxygen atoms in total. The molecule has 19 heavy (non-hydrogen) atoms. The summed E-state index contributed by atoms with van der Waals surface area (Å²) in [7, 11) is 0. The molecule has 0 unspecified atom stereocenters. The van der Waals surface area contributed by atoms with Gasteiger partial charge in [-0.15, -0.1) is 11.3 Å². The van der Waals surface area contributed by atoms with E-state index in [2.05, 4.69) is 15.0 Å². The fourth-order valence-corrected chi connectivity index (χ4v) is 3.23. The van der Waals surface area contributed by atoms with E-state index in [1.807, 2.05) is 13.1 Å². The summed E-state index contributed by atoms with van der Waals surface area (Å²) in [6, 6.07) is 3.24. The molecule has 1 fully saturated rings. The average Bonchev–Trinajstić information content (AvgIpc) is 2.75. The largest absolute Gasteiger partial charge is 0.297 e. The maximum absolute atomic E-state index is 11.6. The van der Waals surface area contributed by atoms with Crippen molar-refractivity contribution in [1.29, 1.82) is 0 Å². The fraction of sp³-hybridized carbons (Fsp3) is 0.462. The van der Waals surface area contributed by atoms with Crippen LogP contribution in [0.25, 0.3) is 0 Å². The maximum Gasteiger partial charge on any atom is 0.266 e. The van der Waals surface area contributed by atoms with E-state index >= 15 is 0 Å². The molecule has 0 radical (unpaired) electrons. The lowest BCUT2D eigenvalue weighted by molar-refractivity contribution is 0.0776. The summed E-state index contributed by atoms with van der Waals surface area (Å²) in [6.07, 6.45) is 3.62. The molecule has 0 saturated carbocycles. The number of nitrogens with zero attached hydrogens (tertiary/aromatic N) is 4. The van der Waals surface area contributed by atoms with Crippen LogP contribution in [0.2, 0.25) is 0 Å². The third-order valence-electron chi connectivity index (χ3n) is 3.30. The normalized spacial score (nSPS) is 16.5. The third-order valence-corrected chi connectivity index (χ3v) is 4.20. The van der Waals surface area contributed by atoms with E-state index in [0.29, 0.717) is 5.92 Å². The molecular formula is C13H16N4OS. The molecule has 6 heteroatoms. The Bertz CT molecular complexity index is 615. The Hall–Kier alpha value is -1.53. The van der Waals surface area contributed by atoms with Crippen LogP contribution in [0, 0.1) is 12.8 Å². The summed E-state index contributed by atoms with van der Waals surface area (Å²) in [5, 5.41) is 5.21. The Morgan fingerprint density at radius 3 is 3.00 bits per heavy atom. The predicted molar refractivity (Wildman–Crippen MR) is 74.1 cm³/mol. The molecule has 3 rings (SSSR count). The molecule has 0 atom stereocenters. The number of hydrogen-bond acceptors (Lipinski definition) is 5. The quantitative estimate of drug-likeness (QED) is 0.840. The first-order valence-corrected chi connectivity index (χ1v) is 7.18. The molecule has 1 aliphatic heterocycles. The summed E-state index contributed by atoms with van der Waals surface area (Å²) in [5.41, 5.74) is -0.0148. The molecule has 1 aliphatic rings. The minimum absolute atomic E-state index is 0.0148. The number of aryl methyl sites for hydroxylation is 1. The van der Waals surface area contributed by atoms with Gasteiger partial charge in [-0.3, -0.25) is 9.69 Å². The maximum atomic E-state index is 11.6. The molecule has 0 aliphatic carbocycles. The second-order valence-corrected chi connectivity index (χ2v) is 6.27. The van der Waals surface area contributed by atoms with Crippen LogP contribution in [0.4, 0.5) is 0 Å². The van der Waals surface area contributed by atoms with Gasteiger partial charge in [0.1, 0.15) is 0 Å². The van der Waals surface area contributed by atoms with E-state index in [-0.39, 0.29) is 5.56 Å². The van der Waals surface area contributed by atoms with E-state index in [4.69, 9.17) is 0 Å². The van der Waals surface area contributed by atoms with Crippen molar-refractivity contribution in [2.24, 2.45) is 5.92 Å². The van der Waals surface area contributed by atoms with Crippen LogP contribution < -0.4 is 5.56 Å². The van der Waals surface area contributed by atoms with Crippen molar-refractivity contribution in [2.45, 2.75) is 20.0 Å². The van der Waals surface area contributed by atoms with Gasteiger partial charge in [-0.1, -0.05) is 0 Å². The van der Waals surface area contributed by atoms with Crippen LogP contribution in [-0.4, -0.2) is 32.8 Å². The van der Waals surface area contributed by atoms with Gasteiger partial charge in [-0.05, 0) is 13.0 Å². The molecule has 0 aromatic carbocycles. The molecular weight excluding hydrogens is 260 g/mol. The zero-order valence-corrected chi connectivity index (χ0v) is 11.6. The van der Waals surface area contributed by atoms with Crippen LogP contribution in [0.1, 0.15) is 9.88 Å². The third kappa shape index (κ3) is 2.90. The van der Waals surface area contributed by atoms with E-state index < -0.39 is 0 Å². The Kier molecular flexibility index (Phi) is 3.44. The molecule has 1 saturated heterocycles. The van der Waals surface area contributed by atoms with Crippen molar-refractivity contribution in [2.75, 3.05) is 13.1 Å². The van der Waals surface area contributed by atoms with Gasteiger partial charge in [-0.2, -0.15) is 5.10 Å². The summed E-state index contributed by atoms with van der Waals surface area (Å²) >= 11 is 1.75. The predicted octanol–water partition coefficient (Wildman–Crippen LogP) is 1.14. The minimum Gasteiger partial charge on any atom is -0.297 e. The second-order valence-electron chi connectivity index (χ2n) is 4.95. The van der Waals surface area contributed by atoms with Gasteiger partial charge < -0.3 is 0 Å². The first-order chi connectivity index (χ1) is 9.20. The minimum atomic E-state index is -0.0148. The van der Waals surface area contributed by atoms with E-state index in [0.717, 1.165) is 31.2 Å². The number of hydrogen-bond donors (Lipinski definition) is 0. The lowest BCUT2D eigenvalue weighted by atomic mass is 10.0. The highest BCUT2D eigenvalue weighted by molar-refractivity contribution is 7.11. The Morgan fingerprint density at radius 2 is 2.32 bits per heavy atom. The van der Waals surface area contributed by atoms with Gasteiger partial charge in [0.15, 0.2) is 0 Å². The molecule has 3 heterocycles. The molecule has 2 aromatic heterocycles. The first-order valence-electron chi connectivity index (χ1n) is 6.36.